The van der Waals surface area contributed by atoms with E-state index in [1.165, 1.54) is 39.8 Å². The summed E-state index contributed by atoms with van der Waals surface area (Å²) >= 11 is 0. The van der Waals surface area contributed by atoms with Gasteiger partial charge in [-0.1, -0.05) is 115 Å². The molecule has 3 amide bonds. The number of aromatic hydroxyl groups is 3. The van der Waals surface area contributed by atoms with Gasteiger partial charge in [0, 0.05) is 95.0 Å². The monoisotopic (exact) mass is 1540 g/mol. The van der Waals surface area contributed by atoms with Crippen LogP contribution in [0.4, 0.5) is 0 Å². The molecule has 5 aromatic carbocycles. The second-order valence-electron chi connectivity index (χ2n) is 37.4. The van der Waals surface area contributed by atoms with Gasteiger partial charge in [0.2, 0.25) is 17.7 Å². The highest BCUT2D eigenvalue weighted by Gasteiger charge is 2.61. The number of ether oxygens (including phenoxy) is 2. The summed E-state index contributed by atoms with van der Waals surface area (Å²) in [5.41, 5.74) is 13.1. The lowest BCUT2D eigenvalue weighted by molar-refractivity contribution is -0.132. The Morgan fingerprint density at radius 2 is 0.867 bits per heavy atom. The number of amides is 3. The van der Waals surface area contributed by atoms with Crippen molar-refractivity contribution in [2.75, 3.05) is 47.9 Å². The van der Waals surface area contributed by atoms with Gasteiger partial charge in [0.05, 0.1) is 14.2 Å². The third kappa shape index (κ3) is 17.5. The number of carbonyl (C=O) groups excluding carboxylic acids is 6. The molecule has 9 aliphatic carbocycles. The Balaban J connectivity index is 0.000000149. The molecule has 7 fully saturated rings. The van der Waals surface area contributed by atoms with Crippen LogP contribution >= 0.6 is 0 Å². The lowest BCUT2D eigenvalue weighted by atomic mass is 9.54. The number of aryl methyl sites for hydroxylation is 6. The average molecular weight is 1540 g/mol. The normalized spacial score (nSPS) is 28.9. The number of Topliss-reactive ketones (excluding diaryl/α,β-unsaturated/α-hetero) is 3. The number of phenols is 3. The summed E-state index contributed by atoms with van der Waals surface area (Å²) in [5, 5.41) is 31.7. The standard InChI is InChI=1S/C36H49NO5.C33H43NO3.C30H43NO3/c1-6-8-25-20-29-24(21-30(25)38)12-13-28-27(29)15-17-36(2)33(39)22-26(35(28)36)9-7-10-34(40)37(3)18-16-23-11-14-31(41-4)32(19-23)42-5;1-4-9-24-18-28-23(19-29(24)35)14-15-27-26(28)16-17-33(2)30(36)20-25(32(27)33)12-8-13-31(37)34(3)21-22-10-6-5-7-11-22;1-3-8-21-17-25-20(18-26(21)32)11-12-24-23(25)13-14-30(2)27(33)19-22(29(24)30)9-7-10-28(34)31-15-5-4-6-16-31/h11,14,19-21,26-28,35,38H,6-10,12-13,15-18,22H2,1-5H3;5-7,10-11,18-19,25-27,32,35H,4,8-9,12-17,20-21H2,1-3H3;17-18,22-24,29,32H,3-16,19H2,1-2H3/t26-,27?,28?,35?,36-;25-,26?,27?,32?,33-;22-,23+,24-,29+,30-/m111/s1. The minimum Gasteiger partial charge on any atom is -0.508 e. The molecule has 0 bridgehead atoms. The van der Waals surface area contributed by atoms with Crippen LogP contribution in [0.25, 0.3) is 0 Å². The van der Waals surface area contributed by atoms with Gasteiger partial charge in [0.1, 0.15) is 34.6 Å². The Bertz CT molecular complexity index is 4220. The van der Waals surface area contributed by atoms with E-state index < -0.39 is 0 Å². The molecule has 3 N–H and O–H groups in total. The molecule has 10 aliphatic rings. The fraction of sp³-hybridized carbons (Fsp3) is 0.636. The van der Waals surface area contributed by atoms with Crippen LogP contribution in [0.2, 0.25) is 0 Å². The number of benzene rings is 5. The molecule has 0 spiro atoms. The summed E-state index contributed by atoms with van der Waals surface area (Å²) in [7, 11) is 7.03. The highest BCUT2D eigenvalue weighted by Crippen LogP contribution is 2.66. The maximum absolute atomic E-state index is 13.4. The average Bonchev–Trinajstić information content (AvgIpc) is 1.62. The van der Waals surface area contributed by atoms with Gasteiger partial charge in [0.15, 0.2) is 11.5 Å². The Labute approximate surface area is 676 Å². The number of phenolic OH excluding ortho intramolecular Hbond substituents is 3. The van der Waals surface area contributed by atoms with E-state index in [2.05, 4.69) is 76.8 Å². The molecule has 113 heavy (non-hydrogen) atoms. The van der Waals surface area contributed by atoms with Crippen molar-refractivity contribution in [3.05, 3.63) is 146 Å². The molecule has 15 atom stereocenters. The number of carbonyl (C=O) groups is 6. The van der Waals surface area contributed by atoms with Gasteiger partial charge in [-0.15, -0.1) is 0 Å². The molecule has 0 aromatic heterocycles. The first-order valence-electron chi connectivity index (χ1n) is 44.6. The van der Waals surface area contributed by atoms with E-state index in [-0.39, 0.29) is 28.1 Å². The van der Waals surface area contributed by atoms with E-state index >= 15 is 0 Å². The number of fused-ring (bicyclic) bond motifs is 15. The van der Waals surface area contributed by atoms with Crippen molar-refractivity contribution >= 4 is 35.1 Å². The highest BCUT2D eigenvalue weighted by molar-refractivity contribution is 5.89. The summed E-state index contributed by atoms with van der Waals surface area (Å²) in [4.78, 5) is 84.4. The quantitative estimate of drug-likeness (QED) is 0.0504. The number of nitrogens with zero attached hydrogens (tertiary/aromatic N) is 3. The maximum atomic E-state index is 13.4. The van der Waals surface area contributed by atoms with E-state index in [1.807, 2.05) is 78.5 Å². The van der Waals surface area contributed by atoms with Crippen molar-refractivity contribution < 1.29 is 53.6 Å². The van der Waals surface area contributed by atoms with Gasteiger partial charge >= 0.3 is 0 Å². The van der Waals surface area contributed by atoms with E-state index in [0.717, 1.165) is 214 Å². The minimum atomic E-state index is -0.229. The third-order valence-electron chi connectivity index (χ3n) is 30.8. The van der Waals surface area contributed by atoms with Gasteiger partial charge in [-0.25, -0.2) is 0 Å². The molecule has 15 rings (SSSR count). The SMILES string of the molecule is CCCc1cc2c(cc1O)CCC1C2CC[C@]2(C)C(=O)C[C@@H](CCCC(=O)N(C)CCc3ccc(OC)c(OC)c3)C12.CCCc1cc2c(cc1O)CCC1C2CC[C@]2(C)C(=O)C[C@@H](CCCC(=O)N(C)Cc3ccccc3)C12.CCCc1cc2c(cc1O)CC[C@H]1[C@@H]3[C@H](CCCC(=O)N4CCCCC4)CC(=O)[C@@]3(C)CC[C@H]21. The van der Waals surface area contributed by atoms with E-state index in [9.17, 15) is 44.1 Å². The number of likely N-dealkylation sites (N-methyl/N-ethyl adjacent to an activating group) is 1. The van der Waals surface area contributed by atoms with Crippen LogP contribution in [0.5, 0.6) is 28.7 Å². The predicted molar refractivity (Wildman–Crippen MR) is 448 cm³/mol. The highest BCUT2D eigenvalue weighted by atomic mass is 16.5. The van der Waals surface area contributed by atoms with Crippen LogP contribution in [-0.4, -0.2) is 113 Å². The van der Waals surface area contributed by atoms with Crippen LogP contribution in [0.3, 0.4) is 0 Å². The molecule has 6 saturated carbocycles. The van der Waals surface area contributed by atoms with Crippen LogP contribution < -0.4 is 9.47 Å². The Morgan fingerprint density at radius 1 is 0.469 bits per heavy atom. The first-order chi connectivity index (χ1) is 54.4. The lowest BCUT2D eigenvalue weighted by Gasteiger charge is -2.50. The number of piperidine rings is 1. The Hall–Kier alpha value is -7.48. The molecule has 1 heterocycles. The zero-order valence-corrected chi connectivity index (χ0v) is 70.3. The molecule has 6 unspecified atom stereocenters. The lowest BCUT2D eigenvalue weighted by Crippen LogP contribution is -2.44. The number of hydrogen-bond acceptors (Lipinski definition) is 11. The summed E-state index contributed by atoms with van der Waals surface area (Å²) in [5.74, 6) is 10.3. The van der Waals surface area contributed by atoms with Crippen molar-refractivity contribution in [2.24, 2.45) is 69.5 Å². The molecule has 5 aromatic rings. The largest absolute Gasteiger partial charge is 0.508 e. The second kappa shape index (κ2) is 36.4. The Morgan fingerprint density at radius 3 is 1.27 bits per heavy atom. The van der Waals surface area contributed by atoms with Gasteiger partial charge in [-0.3, -0.25) is 28.8 Å². The number of likely N-dealkylation sites (tertiary alicyclic amines) is 1. The molecule has 0 radical (unpaired) electrons. The zero-order chi connectivity index (χ0) is 80.0. The summed E-state index contributed by atoms with van der Waals surface area (Å²) in [6, 6.07) is 29.0. The van der Waals surface area contributed by atoms with Crippen LogP contribution in [-0.2, 0) is 80.3 Å². The Kier molecular flexibility index (Phi) is 26.9. The van der Waals surface area contributed by atoms with Crippen molar-refractivity contribution in [3.63, 3.8) is 0 Å². The molecule has 14 nitrogen and oxygen atoms in total. The number of methoxy groups -OCH3 is 2. The number of ketones is 3. The van der Waals surface area contributed by atoms with Gasteiger partial charge in [-0.2, -0.15) is 0 Å². The fourth-order valence-corrected chi connectivity index (χ4v) is 25.0. The second-order valence-corrected chi connectivity index (χ2v) is 37.4. The van der Waals surface area contributed by atoms with E-state index in [0.29, 0.717) is 175 Å². The third-order valence-corrected chi connectivity index (χ3v) is 30.8. The topological polar surface area (TPSA) is 191 Å². The summed E-state index contributed by atoms with van der Waals surface area (Å²) < 4.78 is 10.7. The molecular weight excluding hydrogens is 1410 g/mol. The number of hydrogen-bond donors (Lipinski definition) is 3. The van der Waals surface area contributed by atoms with E-state index in [4.69, 9.17) is 9.47 Å². The number of rotatable bonds is 25. The van der Waals surface area contributed by atoms with E-state index in [1.54, 1.807) is 14.2 Å². The van der Waals surface area contributed by atoms with Gasteiger partial charge in [0.25, 0.3) is 0 Å². The predicted octanol–water partition coefficient (Wildman–Crippen LogP) is 19.9. The van der Waals surface area contributed by atoms with Crippen molar-refractivity contribution in [2.45, 2.75) is 284 Å². The maximum Gasteiger partial charge on any atom is 0.222 e. The first-order valence-corrected chi connectivity index (χ1v) is 44.6. The smallest absolute Gasteiger partial charge is 0.222 e. The first kappa shape index (κ1) is 83.5. The fourth-order valence-electron chi connectivity index (χ4n) is 25.0. The van der Waals surface area contributed by atoms with Crippen molar-refractivity contribution in [3.8, 4) is 28.7 Å². The van der Waals surface area contributed by atoms with Crippen molar-refractivity contribution in [1.29, 1.82) is 0 Å². The molecule has 612 valence electrons. The zero-order valence-electron chi connectivity index (χ0n) is 70.3. The van der Waals surface area contributed by atoms with Crippen LogP contribution in [0, 0.1) is 69.5 Å². The molecular formula is C99H135N3O11. The minimum absolute atomic E-state index is 0.166. The van der Waals surface area contributed by atoms with Crippen LogP contribution in [0.15, 0.2) is 84.9 Å². The van der Waals surface area contributed by atoms with Gasteiger partial charge in [-0.05, 0) is 323 Å². The summed E-state index contributed by atoms with van der Waals surface area (Å²) in [6.07, 6.45) is 31.8. The summed E-state index contributed by atoms with van der Waals surface area (Å²) in [6.45, 7) is 16.4. The molecule has 1 saturated heterocycles. The molecule has 1 aliphatic heterocycles. The van der Waals surface area contributed by atoms with Gasteiger partial charge < -0.3 is 39.5 Å². The molecule has 14 heteroatoms. The van der Waals surface area contributed by atoms with Crippen molar-refractivity contribution in [1.82, 2.24) is 14.7 Å². The van der Waals surface area contributed by atoms with Crippen LogP contribution in [0.1, 0.15) is 294 Å².